The van der Waals surface area contributed by atoms with E-state index in [2.05, 4.69) is 15.5 Å². The van der Waals surface area contributed by atoms with Crippen molar-refractivity contribution in [3.63, 3.8) is 0 Å². The molecule has 3 atom stereocenters. The Balaban J connectivity index is 1.37. The minimum Gasteiger partial charge on any atom is -0.480 e. The third kappa shape index (κ3) is 3.55. The number of carbonyl (C=O) groups is 4. The molecule has 13 nitrogen and oxygen atoms in total. The van der Waals surface area contributed by atoms with Crippen LogP contribution in [0.1, 0.15) is 36.3 Å². The van der Waals surface area contributed by atoms with Crippen LogP contribution in [0.5, 0.6) is 0 Å². The van der Waals surface area contributed by atoms with E-state index in [1.807, 2.05) is 12.3 Å². The maximum Gasteiger partial charge on any atom is 0.426 e. The van der Waals surface area contributed by atoms with Crippen molar-refractivity contribution >= 4 is 41.3 Å². The molecule has 0 spiro atoms. The minimum atomic E-state index is -1.18. The van der Waals surface area contributed by atoms with E-state index in [9.17, 15) is 29.1 Å². The van der Waals surface area contributed by atoms with Crippen molar-refractivity contribution in [3.05, 3.63) is 33.9 Å². The van der Waals surface area contributed by atoms with E-state index < -0.39 is 34.3 Å². The van der Waals surface area contributed by atoms with Gasteiger partial charge in [0.25, 0.3) is 11.5 Å². The van der Waals surface area contributed by atoms with Crippen LogP contribution >= 0.6 is 11.8 Å². The van der Waals surface area contributed by atoms with Crippen molar-refractivity contribution in [2.45, 2.75) is 42.9 Å². The molecule has 2 fully saturated rings. The molecule has 0 radical (unpaired) electrons. The van der Waals surface area contributed by atoms with Gasteiger partial charge in [-0.15, -0.1) is 11.8 Å². The molecule has 0 aromatic carbocycles. The Morgan fingerprint density at radius 3 is 2.78 bits per heavy atom. The van der Waals surface area contributed by atoms with Crippen molar-refractivity contribution in [3.8, 4) is 0 Å². The van der Waals surface area contributed by atoms with Gasteiger partial charge in [-0.3, -0.25) is 24.9 Å². The van der Waals surface area contributed by atoms with Crippen molar-refractivity contribution in [2.75, 3.05) is 6.61 Å². The third-order valence-corrected chi connectivity index (χ3v) is 6.94. The highest BCUT2D eigenvalue weighted by Crippen LogP contribution is 2.51. The fourth-order valence-electron chi connectivity index (χ4n) is 3.80. The number of hydrogen-bond donors (Lipinski definition) is 4. The molecule has 0 saturated carbocycles. The third-order valence-electron chi connectivity index (χ3n) is 5.40. The first-order chi connectivity index (χ1) is 15.1. The molecular weight excluding hydrogens is 444 g/mol. The first-order valence-corrected chi connectivity index (χ1v) is 10.6. The number of rotatable bonds is 5. The van der Waals surface area contributed by atoms with Gasteiger partial charge in [0.2, 0.25) is 5.91 Å². The van der Waals surface area contributed by atoms with Gasteiger partial charge in [0, 0.05) is 17.8 Å². The van der Waals surface area contributed by atoms with E-state index in [4.69, 9.17) is 4.74 Å². The Morgan fingerprint density at radius 1 is 1.38 bits per heavy atom. The molecule has 4 N–H and O–H groups in total. The normalized spacial score (nSPS) is 24.1. The average molecular weight is 464 g/mol. The van der Waals surface area contributed by atoms with Gasteiger partial charge in [0.1, 0.15) is 18.3 Å². The predicted molar refractivity (Wildman–Crippen MR) is 110 cm³/mol. The Labute approximate surface area is 184 Å². The second-order valence-corrected chi connectivity index (χ2v) is 9.29. The number of nitrogens with zero attached hydrogens (tertiary/aromatic N) is 3. The van der Waals surface area contributed by atoms with Gasteiger partial charge >= 0.3 is 12.1 Å². The molecule has 2 aromatic rings. The summed E-state index contributed by atoms with van der Waals surface area (Å²) in [5.41, 5.74) is 4.51. The molecule has 4 rings (SSSR count). The first-order valence-electron chi connectivity index (χ1n) is 9.69. The number of carbonyl (C=O) groups excluding carboxylic acids is 3. The second-order valence-electron chi connectivity index (χ2n) is 7.58. The zero-order valence-corrected chi connectivity index (χ0v) is 17.9. The summed E-state index contributed by atoms with van der Waals surface area (Å²) in [7, 11) is 0. The van der Waals surface area contributed by atoms with Crippen LogP contribution in [0.15, 0.2) is 17.1 Å². The molecule has 4 heterocycles. The number of hydrogen-bond acceptors (Lipinski definition) is 8. The van der Waals surface area contributed by atoms with Crippen LogP contribution in [-0.4, -0.2) is 71.3 Å². The average Bonchev–Trinajstić information content (AvgIpc) is 3.27. The summed E-state index contributed by atoms with van der Waals surface area (Å²) in [6.07, 6.45) is 1.42. The molecule has 2 saturated heterocycles. The number of fused-ring (bicyclic) bond motifs is 2. The first kappa shape index (κ1) is 21.7. The standard InChI is InChI=1S/C18H20N6O7S/c1-3-8-6-19-24-11(26)4-9(20-14(8)24)15(27)21-22-17(30)31-7-18(2)13(16(28)29)23-10(25)5-12(23)32-18/h4,6,12-13,19H,3,5,7H2,1-2H3,(H,21,27)(H,22,30)(H,28,29)/t12-,13+,18+/m1/s1. The van der Waals surface area contributed by atoms with Gasteiger partial charge in [-0.2, -0.15) is 0 Å². The van der Waals surface area contributed by atoms with Gasteiger partial charge < -0.3 is 14.7 Å². The summed E-state index contributed by atoms with van der Waals surface area (Å²) < 4.78 is 5.25. The summed E-state index contributed by atoms with van der Waals surface area (Å²) in [4.78, 5) is 65.4. The number of amides is 3. The van der Waals surface area contributed by atoms with Crippen molar-refractivity contribution < 1.29 is 29.0 Å². The quantitative estimate of drug-likeness (QED) is 0.335. The monoisotopic (exact) mass is 464 g/mol. The zero-order valence-electron chi connectivity index (χ0n) is 17.1. The van der Waals surface area contributed by atoms with Crippen LogP contribution in [0.4, 0.5) is 4.79 Å². The number of nitrogens with one attached hydrogen (secondary N) is 3. The van der Waals surface area contributed by atoms with Gasteiger partial charge in [0.05, 0.1) is 16.5 Å². The van der Waals surface area contributed by atoms with Crippen molar-refractivity contribution in [1.82, 2.24) is 30.3 Å². The summed E-state index contributed by atoms with van der Waals surface area (Å²) in [5.74, 6) is -2.27. The number of carboxylic acids is 1. The van der Waals surface area contributed by atoms with E-state index in [1.54, 1.807) is 13.1 Å². The summed E-state index contributed by atoms with van der Waals surface area (Å²) in [6, 6.07) is -0.112. The lowest BCUT2D eigenvalue weighted by atomic mass is 9.97. The molecule has 3 amide bonds. The minimum absolute atomic E-state index is 0.197. The molecule has 0 unspecified atom stereocenters. The maximum absolute atomic E-state index is 12.3. The maximum atomic E-state index is 12.3. The number of β-lactam (4-membered cyclic amide) rings is 1. The van der Waals surface area contributed by atoms with Gasteiger partial charge in [-0.05, 0) is 13.3 Å². The fourth-order valence-corrected chi connectivity index (χ4v) is 5.47. The number of carboxylic acid groups (broad SMARTS) is 1. The molecule has 32 heavy (non-hydrogen) atoms. The number of H-pyrrole nitrogens is 1. The Morgan fingerprint density at radius 2 is 2.12 bits per heavy atom. The molecule has 2 aliphatic heterocycles. The van der Waals surface area contributed by atoms with Crippen molar-refractivity contribution in [1.29, 1.82) is 0 Å². The lowest BCUT2D eigenvalue weighted by Gasteiger charge is -2.36. The van der Waals surface area contributed by atoms with Gasteiger partial charge in [-0.1, -0.05) is 6.92 Å². The summed E-state index contributed by atoms with van der Waals surface area (Å²) in [5, 5.41) is 12.0. The SMILES string of the molecule is CCc1c[nH]n2c(=O)cc(C(=O)NNC(=O)OC[C@]3(C)S[C@@H]4CC(=O)N4[C@H]3C(=O)O)nc12. The molecular formula is C18H20N6O7S. The van der Waals surface area contributed by atoms with Crippen LogP contribution in [0.25, 0.3) is 5.65 Å². The largest absolute Gasteiger partial charge is 0.480 e. The molecule has 2 aromatic heterocycles. The Bertz CT molecular complexity index is 1190. The number of aryl methyl sites for hydroxylation is 1. The number of aromatic amines is 1. The highest BCUT2D eigenvalue weighted by atomic mass is 32.2. The number of aliphatic carboxylic acids is 1. The summed E-state index contributed by atoms with van der Waals surface area (Å²) >= 11 is 1.26. The van der Waals surface area contributed by atoms with Crippen LogP contribution in [0, 0.1) is 0 Å². The number of aromatic nitrogens is 3. The van der Waals surface area contributed by atoms with Crippen LogP contribution < -0.4 is 16.4 Å². The Kier molecular flexibility index (Phi) is 5.32. The van der Waals surface area contributed by atoms with Crippen LogP contribution in [0.2, 0.25) is 0 Å². The number of ether oxygens (including phenoxy) is 1. The number of hydrazine groups is 1. The highest BCUT2D eigenvalue weighted by Gasteiger charge is 2.61. The smallest absolute Gasteiger partial charge is 0.426 e. The van der Waals surface area contributed by atoms with E-state index in [0.717, 1.165) is 11.6 Å². The van der Waals surface area contributed by atoms with E-state index in [1.165, 1.54) is 21.2 Å². The van der Waals surface area contributed by atoms with Gasteiger partial charge in [-0.25, -0.2) is 24.5 Å². The molecule has 0 bridgehead atoms. The lowest BCUT2D eigenvalue weighted by Crippen LogP contribution is -2.58. The Hall–Kier alpha value is -3.55. The van der Waals surface area contributed by atoms with Crippen molar-refractivity contribution in [2.24, 2.45) is 0 Å². The molecule has 170 valence electrons. The predicted octanol–water partition coefficient (Wildman–Crippen LogP) is -0.527. The lowest BCUT2D eigenvalue weighted by molar-refractivity contribution is -0.157. The second kappa shape index (κ2) is 7.85. The molecule has 2 aliphatic rings. The van der Waals surface area contributed by atoms with Crippen LogP contribution in [-0.2, 0) is 20.7 Å². The fraction of sp³-hybridized carbons (Fsp3) is 0.444. The van der Waals surface area contributed by atoms with Gasteiger partial charge in [0.15, 0.2) is 5.65 Å². The highest BCUT2D eigenvalue weighted by molar-refractivity contribution is 8.01. The van der Waals surface area contributed by atoms with Crippen LogP contribution in [0.3, 0.4) is 0 Å². The van der Waals surface area contributed by atoms with E-state index in [0.29, 0.717) is 12.1 Å². The van der Waals surface area contributed by atoms with E-state index >= 15 is 0 Å². The zero-order chi connectivity index (χ0) is 23.2. The number of thioether (sulfide) groups is 1. The molecule has 14 heteroatoms. The summed E-state index contributed by atoms with van der Waals surface area (Å²) in [6.45, 7) is 3.17. The topological polar surface area (TPSA) is 175 Å². The molecule has 0 aliphatic carbocycles. The van der Waals surface area contributed by atoms with E-state index in [-0.39, 0.29) is 30.0 Å².